The maximum absolute atomic E-state index is 12.8. The number of carbonyl (C=O) groups is 1. The van der Waals surface area contributed by atoms with Crippen LogP contribution in [-0.4, -0.2) is 16.2 Å². The number of hydrogen-bond acceptors (Lipinski definition) is 4. The van der Waals surface area contributed by atoms with Gasteiger partial charge in [0.2, 0.25) is 0 Å². The number of amides is 1. The van der Waals surface area contributed by atoms with Crippen molar-refractivity contribution in [2.24, 2.45) is 0 Å². The van der Waals surface area contributed by atoms with Gasteiger partial charge in [0, 0.05) is 17.3 Å². The van der Waals surface area contributed by atoms with Gasteiger partial charge in [-0.05, 0) is 44.5 Å². The molecule has 0 saturated heterocycles. The molecule has 0 bridgehead atoms. The molecule has 2 heterocycles. The summed E-state index contributed by atoms with van der Waals surface area (Å²) in [6.45, 7) is 5.27. The van der Waals surface area contributed by atoms with Crippen LogP contribution in [0.2, 0.25) is 0 Å². The fourth-order valence-electron chi connectivity index (χ4n) is 2.89. The topological polar surface area (TPSA) is 92.4 Å². The fourth-order valence-corrected chi connectivity index (χ4v) is 2.89. The van der Waals surface area contributed by atoms with Gasteiger partial charge in [-0.2, -0.15) is 0 Å². The molecule has 0 unspecified atom stereocenters. The second kappa shape index (κ2) is 6.39. The van der Waals surface area contributed by atoms with Crippen molar-refractivity contribution in [3.05, 3.63) is 63.4 Å². The standard InChI is InChI=1S/C19H18N2O4/c1-10-8-13(12(3)21-19(23)24)18-14(9-10)16(22)11(2)17(25-18)15-6-4-5-7-20-15/h4-9,12,21H,1-3H3,(H,23,24)/t12-/m1/s1. The van der Waals surface area contributed by atoms with E-state index in [0.717, 1.165) is 5.56 Å². The number of aromatic nitrogens is 1. The van der Waals surface area contributed by atoms with Crippen molar-refractivity contribution in [2.75, 3.05) is 0 Å². The molecule has 1 atom stereocenters. The Morgan fingerprint density at radius 2 is 2.04 bits per heavy atom. The zero-order valence-corrected chi connectivity index (χ0v) is 14.2. The minimum atomic E-state index is -1.14. The van der Waals surface area contributed by atoms with Crippen LogP contribution in [0.15, 0.2) is 45.7 Å². The number of nitrogens with one attached hydrogen (secondary N) is 1. The second-order valence-corrected chi connectivity index (χ2v) is 6.00. The van der Waals surface area contributed by atoms with Crippen molar-refractivity contribution in [3.63, 3.8) is 0 Å². The minimum absolute atomic E-state index is 0.144. The Kier molecular flexibility index (Phi) is 4.27. The molecule has 6 nitrogen and oxygen atoms in total. The summed E-state index contributed by atoms with van der Waals surface area (Å²) in [5.41, 5.74) is 2.74. The number of pyridine rings is 1. The van der Waals surface area contributed by atoms with Gasteiger partial charge in [0.05, 0.1) is 11.4 Å². The lowest BCUT2D eigenvalue weighted by atomic mass is 10.00. The highest BCUT2D eigenvalue weighted by atomic mass is 16.4. The van der Waals surface area contributed by atoms with Gasteiger partial charge in [-0.1, -0.05) is 12.1 Å². The molecular formula is C19H18N2O4. The first-order valence-electron chi connectivity index (χ1n) is 7.87. The summed E-state index contributed by atoms with van der Waals surface area (Å²) in [6, 6.07) is 8.42. The van der Waals surface area contributed by atoms with Crippen molar-refractivity contribution in [1.82, 2.24) is 10.3 Å². The molecule has 0 aliphatic rings. The third kappa shape index (κ3) is 3.10. The summed E-state index contributed by atoms with van der Waals surface area (Å²) < 4.78 is 6.05. The first-order valence-corrected chi connectivity index (χ1v) is 7.87. The Hall–Kier alpha value is -3.15. The van der Waals surface area contributed by atoms with Crippen molar-refractivity contribution in [2.45, 2.75) is 26.8 Å². The lowest BCUT2D eigenvalue weighted by Crippen LogP contribution is -2.25. The average Bonchev–Trinajstić information content (AvgIpc) is 2.58. The minimum Gasteiger partial charge on any atom is -0.465 e. The molecule has 1 aromatic carbocycles. The maximum Gasteiger partial charge on any atom is 0.405 e. The zero-order chi connectivity index (χ0) is 18.1. The van der Waals surface area contributed by atoms with Gasteiger partial charge < -0.3 is 14.8 Å². The van der Waals surface area contributed by atoms with Gasteiger partial charge in [-0.15, -0.1) is 0 Å². The molecule has 6 heteroatoms. The molecule has 128 valence electrons. The number of hydrogen-bond donors (Lipinski definition) is 2. The Morgan fingerprint density at radius 3 is 2.68 bits per heavy atom. The molecule has 0 aliphatic carbocycles. The van der Waals surface area contributed by atoms with Gasteiger partial charge in [0.25, 0.3) is 0 Å². The van der Waals surface area contributed by atoms with Crippen LogP contribution in [0.5, 0.6) is 0 Å². The van der Waals surface area contributed by atoms with Crippen molar-refractivity contribution in [1.29, 1.82) is 0 Å². The van der Waals surface area contributed by atoms with Gasteiger partial charge in [0.1, 0.15) is 11.3 Å². The number of benzene rings is 1. The van der Waals surface area contributed by atoms with Gasteiger partial charge in [-0.25, -0.2) is 4.79 Å². The summed E-state index contributed by atoms with van der Waals surface area (Å²) in [4.78, 5) is 28.1. The van der Waals surface area contributed by atoms with E-state index in [2.05, 4.69) is 10.3 Å². The molecule has 2 N–H and O–H groups in total. The molecule has 0 fully saturated rings. The molecule has 25 heavy (non-hydrogen) atoms. The highest BCUT2D eigenvalue weighted by molar-refractivity contribution is 5.84. The lowest BCUT2D eigenvalue weighted by Gasteiger charge is -2.16. The molecule has 1 amide bonds. The Labute approximate surface area is 144 Å². The van der Waals surface area contributed by atoms with Crippen LogP contribution in [0, 0.1) is 13.8 Å². The summed E-state index contributed by atoms with van der Waals surface area (Å²) in [5, 5.41) is 11.9. The predicted molar refractivity (Wildman–Crippen MR) is 94.8 cm³/mol. The molecular weight excluding hydrogens is 320 g/mol. The van der Waals surface area contributed by atoms with Crippen LogP contribution in [0.25, 0.3) is 22.4 Å². The summed E-state index contributed by atoms with van der Waals surface area (Å²) in [7, 11) is 0. The number of carboxylic acid groups (broad SMARTS) is 1. The van der Waals surface area contributed by atoms with Crippen LogP contribution in [0.4, 0.5) is 4.79 Å². The third-order valence-corrected chi connectivity index (χ3v) is 4.10. The van der Waals surface area contributed by atoms with Crippen LogP contribution in [0.1, 0.15) is 29.7 Å². The maximum atomic E-state index is 12.8. The van der Waals surface area contributed by atoms with E-state index in [-0.39, 0.29) is 5.43 Å². The van der Waals surface area contributed by atoms with E-state index in [0.29, 0.717) is 33.6 Å². The van der Waals surface area contributed by atoms with Crippen molar-refractivity contribution in [3.8, 4) is 11.5 Å². The van der Waals surface area contributed by atoms with E-state index in [1.807, 2.05) is 19.1 Å². The summed E-state index contributed by atoms with van der Waals surface area (Å²) in [6.07, 6.45) is 0.491. The Morgan fingerprint density at radius 1 is 1.28 bits per heavy atom. The molecule has 0 spiro atoms. The number of fused-ring (bicyclic) bond motifs is 1. The van der Waals surface area contributed by atoms with E-state index < -0.39 is 12.1 Å². The number of aryl methyl sites for hydroxylation is 1. The highest BCUT2D eigenvalue weighted by Crippen LogP contribution is 2.29. The SMILES string of the molecule is Cc1cc([C@@H](C)NC(=O)O)c2oc(-c3ccccn3)c(C)c(=O)c2c1. The third-order valence-electron chi connectivity index (χ3n) is 4.10. The molecule has 3 rings (SSSR count). The van der Waals surface area contributed by atoms with E-state index >= 15 is 0 Å². The summed E-state index contributed by atoms with van der Waals surface area (Å²) in [5.74, 6) is 0.394. The predicted octanol–water partition coefficient (Wildman–Crippen LogP) is 3.80. The van der Waals surface area contributed by atoms with Crippen LogP contribution >= 0.6 is 0 Å². The van der Waals surface area contributed by atoms with Gasteiger partial charge >= 0.3 is 6.09 Å². The fraction of sp³-hybridized carbons (Fsp3) is 0.211. The van der Waals surface area contributed by atoms with E-state index in [1.54, 1.807) is 38.2 Å². The smallest absolute Gasteiger partial charge is 0.405 e. The highest BCUT2D eigenvalue weighted by Gasteiger charge is 2.19. The Balaban J connectivity index is 2.33. The second-order valence-electron chi connectivity index (χ2n) is 6.00. The molecule has 0 aliphatic heterocycles. The van der Waals surface area contributed by atoms with Gasteiger partial charge in [0.15, 0.2) is 11.2 Å². The van der Waals surface area contributed by atoms with Crippen molar-refractivity contribution >= 4 is 17.1 Å². The van der Waals surface area contributed by atoms with E-state index in [4.69, 9.17) is 9.52 Å². The van der Waals surface area contributed by atoms with Crippen LogP contribution in [0.3, 0.4) is 0 Å². The summed E-state index contributed by atoms with van der Waals surface area (Å²) >= 11 is 0. The van der Waals surface area contributed by atoms with E-state index in [1.165, 1.54) is 0 Å². The largest absolute Gasteiger partial charge is 0.465 e. The van der Waals surface area contributed by atoms with Crippen LogP contribution in [-0.2, 0) is 0 Å². The monoisotopic (exact) mass is 338 g/mol. The first-order chi connectivity index (χ1) is 11.9. The van der Waals surface area contributed by atoms with Crippen molar-refractivity contribution < 1.29 is 14.3 Å². The molecule has 0 radical (unpaired) electrons. The van der Waals surface area contributed by atoms with E-state index in [9.17, 15) is 9.59 Å². The molecule has 2 aromatic heterocycles. The van der Waals surface area contributed by atoms with Crippen LogP contribution < -0.4 is 10.7 Å². The zero-order valence-electron chi connectivity index (χ0n) is 14.2. The first kappa shape index (κ1) is 16.7. The quantitative estimate of drug-likeness (QED) is 0.758. The molecule has 3 aromatic rings. The Bertz CT molecular complexity index is 1010. The lowest BCUT2D eigenvalue weighted by molar-refractivity contribution is 0.191. The normalized spacial score (nSPS) is 12.1. The molecule has 0 saturated carbocycles. The number of nitrogens with zero attached hydrogens (tertiary/aromatic N) is 1. The average molecular weight is 338 g/mol. The van der Waals surface area contributed by atoms with Gasteiger partial charge in [-0.3, -0.25) is 9.78 Å². The number of rotatable bonds is 3.